The van der Waals surface area contributed by atoms with Crippen molar-refractivity contribution >= 4 is 17.5 Å². The quantitative estimate of drug-likeness (QED) is 0.666. The smallest absolute Gasteiger partial charge is 0.247 e. The second-order valence-electron chi connectivity index (χ2n) is 7.04. The van der Waals surface area contributed by atoms with E-state index < -0.39 is 5.60 Å². The van der Waals surface area contributed by atoms with Gasteiger partial charge < -0.3 is 15.7 Å². The molecular formula is C20H28N2O3. The van der Waals surface area contributed by atoms with E-state index in [0.29, 0.717) is 5.69 Å². The molecule has 25 heavy (non-hydrogen) atoms. The number of aliphatic hydroxyl groups is 1. The first kappa shape index (κ1) is 19.2. The van der Waals surface area contributed by atoms with Gasteiger partial charge in [-0.1, -0.05) is 38.0 Å². The van der Waals surface area contributed by atoms with Gasteiger partial charge in [-0.15, -0.1) is 0 Å². The van der Waals surface area contributed by atoms with Gasteiger partial charge in [0.2, 0.25) is 11.8 Å². The largest absolute Gasteiger partial charge is 0.388 e. The van der Waals surface area contributed by atoms with E-state index in [9.17, 15) is 14.7 Å². The lowest BCUT2D eigenvalue weighted by molar-refractivity contribution is -0.122. The molecule has 1 unspecified atom stereocenters. The lowest BCUT2D eigenvalue weighted by Gasteiger charge is -2.35. The first-order valence-corrected chi connectivity index (χ1v) is 8.92. The molecule has 1 saturated carbocycles. The Balaban J connectivity index is 1.86. The molecule has 1 aliphatic rings. The van der Waals surface area contributed by atoms with Crippen molar-refractivity contribution in [2.24, 2.45) is 5.92 Å². The summed E-state index contributed by atoms with van der Waals surface area (Å²) in [5.74, 6) is -0.174. The minimum atomic E-state index is -0.865. The number of rotatable bonds is 7. The van der Waals surface area contributed by atoms with Crippen LogP contribution in [-0.4, -0.2) is 29.1 Å². The normalized spacial score (nSPS) is 17.4. The number of benzene rings is 1. The molecule has 1 atom stereocenters. The Bertz CT molecular complexity index is 619. The van der Waals surface area contributed by atoms with E-state index in [2.05, 4.69) is 17.2 Å². The average molecular weight is 344 g/mol. The molecule has 3 N–H and O–H groups in total. The van der Waals surface area contributed by atoms with Crippen LogP contribution < -0.4 is 10.6 Å². The van der Waals surface area contributed by atoms with E-state index in [0.717, 1.165) is 31.2 Å². The van der Waals surface area contributed by atoms with Crippen molar-refractivity contribution in [3.63, 3.8) is 0 Å². The van der Waals surface area contributed by atoms with E-state index in [1.165, 1.54) is 12.5 Å². The minimum Gasteiger partial charge on any atom is -0.388 e. The summed E-state index contributed by atoms with van der Waals surface area (Å²) in [5.41, 5.74) is 0.566. The first-order chi connectivity index (χ1) is 11.9. The van der Waals surface area contributed by atoms with Gasteiger partial charge in [-0.25, -0.2) is 0 Å². The standard InChI is InChI=1S/C20H28N2O3/c1-3-18(23)22-17-11-7-8-15(12-17)13-19(24)21-14-20(2,25)16-9-5-4-6-10-16/h3,7-8,11-12,16,25H,1,4-6,9-10,13-14H2,2H3,(H,21,24)(H,22,23). The molecule has 0 heterocycles. The maximum absolute atomic E-state index is 12.2. The second kappa shape index (κ2) is 8.81. The Hall–Kier alpha value is -2.14. The molecule has 1 aliphatic carbocycles. The fourth-order valence-corrected chi connectivity index (χ4v) is 3.35. The molecule has 0 saturated heterocycles. The van der Waals surface area contributed by atoms with Crippen LogP contribution in [0.1, 0.15) is 44.6 Å². The predicted molar refractivity (Wildman–Crippen MR) is 99.2 cm³/mol. The summed E-state index contributed by atoms with van der Waals surface area (Å²) in [6.07, 6.45) is 6.99. The number of anilines is 1. The average Bonchev–Trinajstić information content (AvgIpc) is 2.61. The molecule has 5 nitrogen and oxygen atoms in total. The number of carbonyl (C=O) groups is 2. The van der Waals surface area contributed by atoms with Crippen molar-refractivity contribution in [1.82, 2.24) is 5.32 Å². The summed E-state index contributed by atoms with van der Waals surface area (Å²) in [6.45, 7) is 5.49. The highest BCUT2D eigenvalue weighted by molar-refractivity contribution is 5.98. The van der Waals surface area contributed by atoms with Crippen LogP contribution in [0.15, 0.2) is 36.9 Å². The second-order valence-corrected chi connectivity index (χ2v) is 7.04. The van der Waals surface area contributed by atoms with E-state index in [1.54, 1.807) is 18.2 Å². The number of hydrogen-bond acceptors (Lipinski definition) is 3. The molecule has 0 spiro atoms. The molecule has 0 bridgehead atoms. The van der Waals surface area contributed by atoms with Gasteiger partial charge in [-0.05, 0) is 49.5 Å². The fraction of sp³-hybridized carbons (Fsp3) is 0.500. The highest BCUT2D eigenvalue weighted by atomic mass is 16.3. The van der Waals surface area contributed by atoms with Crippen LogP contribution in [0, 0.1) is 5.92 Å². The summed E-state index contributed by atoms with van der Waals surface area (Å²) in [5, 5.41) is 16.2. The highest BCUT2D eigenvalue weighted by Crippen LogP contribution is 2.32. The monoisotopic (exact) mass is 344 g/mol. The summed E-state index contributed by atoms with van der Waals surface area (Å²) in [4.78, 5) is 23.5. The van der Waals surface area contributed by atoms with E-state index >= 15 is 0 Å². The number of carbonyl (C=O) groups excluding carboxylic acids is 2. The Morgan fingerprint density at radius 1 is 1.32 bits per heavy atom. The van der Waals surface area contributed by atoms with Gasteiger partial charge in [0.1, 0.15) is 0 Å². The molecule has 1 aromatic carbocycles. The molecule has 1 aromatic rings. The van der Waals surface area contributed by atoms with Crippen molar-refractivity contribution in [3.05, 3.63) is 42.5 Å². The zero-order valence-electron chi connectivity index (χ0n) is 14.9. The minimum absolute atomic E-state index is 0.136. The van der Waals surface area contributed by atoms with Crippen molar-refractivity contribution < 1.29 is 14.7 Å². The Morgan fingerprint density at radius 2 is 2.04 bits per heavy atom. The summed E-state index contributed by atoms with van der Waals surface area (Å²) >= 11 is 0. The molecule has 0 radical (unpaired) electrons. The number of amides is 2. The van der Waals surface area contributed by atoms with Crippen LogP contribution in [0.4, 0.5) is 5.69 Å². The Kier molecular flexibility index (Phi) is 6.76. The van der Waals surface area contributed by atoms with Crippen molar-refractivity contribution in [1.29, 1.82) is 0 Å². The molecular weight excluding hydrogens is 316 g/mol. The third-order valence-corrected chi connectivity index (χ3v) is 4.87. The topological polar surface area (TPSA) is 78.4 Å². The summed E-state index contributed by atoms with van der Waals surface area (Å²) < 4.78 is 0. The van der Waals surface area contributed by atoms with Gasteiger partial charge in [-0.3, -0.25) is 9.59 Å². The lowest BCUT2D eigenvalue weighted by atomic mass is 9.78. The third-order valence-electron chi connectivity index (χ3n) is 4.87. The van der Waals surface area contributed by atoms with Crippen LogP contribution in [0.3, 0.4) is 0 Å². The summed E-state index contributed by atoms with van der Waals surface area (Å²) in [7, 11) is 0. The summed E-state index contributed by atoms with van der Waals surface area (Å²) in [6, 6.07) is 7.15. The van der Waals surface area contributed by atoms with E-state index in [1.807, 2.05) is 13.0 Å². The maximum Gasteiger partial charge on any atom is 0.247 e. The molecule has 0 aliphatic heterocycles. The van der Waals surface area contributed by atoms with Gasteiger partial charge in [-0.2, -0.15) is 0 Å². The lowest BCUT2D eigenvalue weighted by Crippen LogP contribution is -2.47. The maximum atomic E-state index is 12.2. The number of hydrogen-bond donors (Lipinski definition) is 3. The highest BCUT2D eigenvalue weighted by Gasteiger charge is 2.32. The van der Waals surface area contributed by atoms with Crippen LogP contribution >= 0.6 is 0 Å². The SMILES string of the molecule is C=CC(=O)Nc1cccc(CC(=O)NCC(C)(O)C2CCCCC2)c1. The van der Waals surface area contributed by atoms with Gasteiger partial charge >= 0.3 is 0 Å². The van der Waals surface area contributed by atoms with Crippen molar-refractivity contribution in [2.45, 2.75) is 51.0 Å². The van der Waals surface area contributed by atoms with Gasteiger partial charge in [0.05, 0.1) is 12.0 Å². The molecule has 5 heteroatoms. The predicted octanol–water partition coefficient (Wildman–Crippen LogP) is 2.80. The zero-order valence-corrected chi connectivity index (χ0v) is 14.9. The van der Waals surface area contributed by atoms with Gasteiger partial charge in [0, 0.05) is 12.2 Å². The van der Waals surface area contributed by atoms with Crippen molar-refractivity contribution in [3.8, 4) is 0 Å². The van der Waals surface area contributed by atoms with Crippen LogP contribution in [0.2, 0.25) is 0 Å². The molecule has 136 valence electrons. The Labute approximate surface area is 149 Å². The van der Waals surface area contributed by atoms with Gasteiger partial charge in [0.25, 0.3) is 0 Å². The molecule has 0 aromatic heterocycles. The third kappa shape index (κ3) is 6.02. The first-order valence-electron chi connectivity index (χ1n) is 8.92. The fourth-order valence-electron chi connectivity index (χ4n) is 3.35. The van der Waals surface area contributed by atoms with Crippen molar-refractivity contribution in [2.75, 3.05) is 11.9 Å². The number of nitrogens with one attached hydrogen (secondary N) is 2. The zero-order chi connectivity index (χ0) is 18.3. The van der Waals surface area contributed by atoms with E-state index in [-0.39, 0.29) is 30.7 Å². The van der Waals surface area contributed by atoms with E-state index in [4.69, 9.17) is 0 Å². The molecule has 2 amide bonds. The van der Waals surface area contributed by atoms with Crippen LogP contribution in [-0.2, 0) is 16.0 Å². The Morgan fingerprint density at radius 3 is 2.72 bits per heavy atom. The van der Waals surface area contributed by atoms with Crippen LogP contribution in [0.25, 0.3) is 0 Å². The molecule has 1 fully saturated rings. The van der Waals surface area contributed by atoms with Gasteiger partial charge in [0.15, 0.2) is 0 Å². The molecule has 2 rings (SSSR count). The van der Waals surface area contributed by atoms with Crippen LogP contribution in [0.5, 0.6) is 0 Å².